The van der Waals surface area contributed by atoms with E-state index in [1.165, 1.54) is 0 Å². The number of likely N-dealkylation sites (tertiary alicyclic amines) is 1. The highest BCUT2D eigenvalue weighted by Crippen LogP contribution is 2.18. The molecule has 1 saturated heterocycles. The molecule has 0 bridgehead atoms. The third kappa shape index (κ3) is 3.92. The van der Waals surface area contributed by atoms with Crippen LogP contribution in [0.15, 0.2) is 36.4 Å². The Labute approximate surface area is 136 Å². The molecule has 2 aromatic rings. The maximum Gasteiger partial charge on any atom is 0.224 e. The van der Waals surface area contributed by atoms with Crippen LogP contribution in [0.5, 0.6) is 5.75 Å². The summed E-state index contributed by atoms with van der Waals surface area (Å²) in [6, 6.07) is 11.8. The van der Waals surface area contributed by atoms with Crippen molar-refractivity contribution in [2.75, 3.05) is 13.1 Å². The number of carbonyl (C=O) groups excluding carboxylic acids is 1. The Hall–Kier alpha value is -2.30. The molecule has 5 nitrogen and oxygen atoms in total. The molecule has 0 radical (unpaired) electrons. The van der Waals surface area contributed by atoms with Gasteiger partial charge in [-0.1, -0.05) is 18.2 Å². The summed E-state index contributed by atoms with van der Waals surface area (Å²) in [5.41, 5.74) is 2.09. The van der Waals surface area contributed by atoms with Crippen LogP contribution in [-0.4, -0.2) is 39.8 Å². The van der Waals surface area contributed by atoms with Crippen LogP contribution in [0, 0.1) is 13.8 Å². The molecular formula is C18H23N3O2. The van der Waals surface area contributed by atoms with Crippen LogP contribution in [0.2, 0.25) is 0 Å². The third-order valence-electron chi connectivity index (χ3n) is 4.18. The minimum absolute atomic E-state index is 0.0926. The lowest BCUT2D eigenvalue weighted by molar-refractivity contribution is -0.130. The lowest BCUT2D eigenvalue weighted by Crippen LogP contribution is -2.31. The van der Waals surface area contributed by atoms with Crippen molar-refractivity contribution >= 4 is 5.91 Å². The first kappa shape index (κ1) is 15.6. The summed E-state index contributed by atoms with van der Waals surface area (Å²) in [6.07, 6.45) is 1.47. The molecule has 3 rings (SSSR count). The van der Waals surface area contributed by atoms with E-state index in [0.29, 0.717) is 19.5 Å². The third-order valence-corrected chi connectivity index (χ3v) is 4.18. The highest BCUT2D eigenvalue weighted by atomic mass is 16.5. The van der Waals surface area contributed by atoms with E-state index < -0.39 is 0 Å². The Kier molecular flexibility index (Phi) is 4.65. The van der Waals surface area contributed by atoms with Gasteiger partial charge < -0.3 is 9.64 Å². The second-order valence-corrected chi connectivity index (χ2v) is 6.08. The van der Waals surface area contributed by atoms with Gasteiger partial charge in [-0.2, -0.15) is 5.10 Å². The predicted octanol–water partition coefficient (Wildman–Crippen LogP) is 2.57. The van der Waals surface area contributed by atoms with Crippen LogP contribution in [-0.2, 0) is 11.3 Å². The number of rotatable bonds is 5. The smallest absolute Gasteiger partial charge is 0.224 e. The molecule has 1 aliphatic rings. The first-order chi connectivity index (χ1) is 11.1. The topological polar surface area (TPSA) is 47.4 Å². The van der Waals surface area contributed by atoms with Crippen LogP contribution in [0.1, 0.15) is 24.2 Å². The monoisotopic (exact) mass is 313 g/mol. The van der Waals surface area contributed by atoms with E-state index in [4.69, 9.17) is 4.74 Å². The van der Waals surface area contributed by atoms with Crippen molar-refractivity contribution in [2.24, 2.45) is 0 Å². The molecule has 0 spiro atoms. The molecule has 2 heterocycles. The molecule has 1 atom stereocenters. The van der Waals surface area contributed by atoms with E-state index >= 15 is 0 Å². The van der Waals surface area contributed by atoms with Crippen LogP contribution in [0.25, 0.3) is 0 Å². The van der Waals surface area contributed by atoms with Gasteiger partial charge in [0.1, 0.15) is 11.9 Å². The first-order valence-electron chi connectivity index (χ1n) is 8.12. The van der Waals surface area contributed by atoms with E-state index in [2.05, 4.69) is 5.10 Å². The van der Waals surface area contributed by atoms with Crippen LogP contribution in [0.4, 0.5) is 0 Å². The van der Waals surface area contributed by atoms with Gasteiger partial charge in [0.2, 0.25) is 5.91 Å². The second kappa shape index (κ2) is 6.86. The SMILES string of the molecule is Cc1cc(C)n(CCC(=O)N2CCC(Oc3ccccc3)C2)n1. The van der Waals surface area contributed by atoms with Crippen LogP contribution in [0.3, 0.4) is 0 Å². The Balaban J connectivity index is 1.48. The number of benzene rings is 1. The minimum atomic E-state index is 0.0926. The second-order valence-electron chi connectivity index (χ2n) is 6.08. The maximum absolute atomic E-state index is 12.4. The van der Waals surface area contributed by atoms with Crippen molar-refractivity contribution in [2.45, 2.75) is 39.3 Å². The summed E-state index contributed by atoms with van der Waals surface area (Å²) in [6.45, 7) is 6.07. The maximum atomic E-state index is 12.4. The van der Waals surface area contributed by atoms with Gasteiger partial charge in [-0.15, -0.1) is 0 Å². The summed E-state index contributed by atoms with van der Waals surface area (Å²) in [5.74, 6) is 1.05. The molecule has 1 aromatic heterocycles. The molecule has 1 aliphatic heterocycles. The summed E-state index contributed by atoms with van der Waals surface area (Å²) in [4.78, 5) is 14.3. The van der Waals surface area contributed by atoms with Crippen molar-refractivity contribution in [3.05, 3.63) is 47.8 Å². The Bertz CT molecular complexity index is 666. The van der Waals surface area contributed by atoms with Gasteiger partial charge >= 0.3 is 0 Å². The summed E-state index contributed by atoms with van der Waals surface area (Å²) in [5, 5.41) is 4.40. The zero-order valence-electron chi connectivity index (χ0n) is 13.7. The lowest BCUT2D eigenvalue weighted by atomic mass is 10.3. The Morgan fingerprint density at radius 3 is 2.78 bits per heavy atom. The number of amides is 1. The molecule has 0 N–H and O–H groups in total. The van der Waals surface area contributed by atoms with Crippen molar-refractivity contribution in [1.82, 2.24) is 14.7 Å². The highest BCUT2D eigenvalue weighted by molar-refractivity contribution is 5.76. The van der Waals surface area contributed by atoms with E-state index in [0.717, 1.165) is 30.1 Å². The first-order valence-corrected chi connectivity index (χ1v) is 8.12. The normalized spacial score (nSPS) is 17.5. The van der Waals surface area contributed by atoms with Crippen LogP contribution < -0.4 is 4.74 Å². The number of hydrogen-bond donors (Lipinski definition) is 0. The fourth-order valence-electron chi connectivity index (χ4n) is 3.00. The number of para-hydroxylation sites is 1. The average Bonchev–Trinajstić information content (AvgIpc) is 3.12. The van der Waals surface area contributed by atoms with Crippen LogP contribution >= 0.6 is 0 Å². The average molecular weight is 313 g/mol. The molecule has 1 aromatic carbocycles. The van der Waals surface area contributed by atoms with Gasteiger partial charge in [0, 0.05) is 31.6 Å². The molecule has 1 unspecified atom stereocenters. The van der Waals surface area contributed by atoms with Gasteiger partial charge in [0.05, 0.1) is 12.2 Å². The number of nitrogens with zero attached hydrogens (tertiary/aromatic N) is 3. The van der Waals surface area contributed by atoms with Gasteiger partial charge in [0.15, 0.2) is 0 Å². The number of carbonyl (C=O) groups is 1. The zero-order valence-corrected chi connectivity index (χ0v) is 13.7. The molecule has 23 heavy (non-hydrogen) atoms. The van der Waals surface area contributed by atoms with E-state index in [1.54, 1.807) is 0 Å². The Morgan fingerprint density at radius 2 is 2.09 bits per heavy atom. The summed E-state index contributed by atoms with van der Waals surface area (Å²) in [7, 11) is 0. The van der Waals surface area contributed by atoms with E-state index in [-0.39, 0.29) is 12.0 Å². The molecule has 5 heteroatoms. The summed E-state index contributed by atoms with van der Waals surface area (Å²) >= 11 is 0. The van der Waals surface area contributed by atoms with E-state index in [1.807, 2.05) is 59.8 Å². The zero-order chi connectivity index (χ0) is 16.2. The number of aromatic nitrogens is 2. The van der Waals surface area contributed by atoms with Crippen molar-refractivity contribution in [3.8, 4) is 5.75 Å². The van der Waals surface area contributed by atoms with Gasteiger partial charge in [-0.25, -0.2) is 0 Å². The van der Waals surface area contributed by atoms with Crippen molar-refractivity contribution in [1.29, 1.82) is 0 Å². The quantitative estimate of drug-likeness (QED) is 0.852. The van der Waals surface area contributed by atoms with Crippen molar-refractivity contribution < 1.29 is 9.53 Å². The minimum Gasteiger partial charge on any atom is -0.489 e. The van der Waals surface area contributed by atoms with Crippen molar-refractivity contribution in [3.63, 3.8) is 0 Å². The van der Waals surface area contributed by atoms with E-state index in [9.17, 15) is 4.79 Å². The Morgan fingerprint density at radius 1 is 1.30 bits per heavy atom. The molecular weight excluding hydrogens is 290 g/mol. The molecule has 0 aliphatic carbocycles. The van der Waals surface area contributed by atoms with Gasteiger partial charge in [-0.3, -0.25) is 9.48 Å². The standard InChI is InChI=1S/C18H23N3O2/c1-14-12-15(2)21(19-14)11-9-18(22)20-10-8-17(13-20)23-16-6-4-3-5-7-16/h3-7,12,17H,8-11,13H2,1-2H3. The molecule has 1 amide bonds. The highest BCUT2D eigenvalue weighted by Gasteiger charge is 2.27. The number of aryl methyl sites for hydroxylation is 3. The fourth-order valence-corrected chi connectivity index (χ4v) is 3.00. The van der Waals surface area contributed by atoms with Gasteiger partial charge in [-0.05, 0) is 32.0 Å². The molecule has 122 valence electrons. The number of ether oxygens (including phenoxy) is 1. The fraction of sp³-hybridized carbons (Fsp3) is 0.444. The number of hydrogen-bond acceptors (Lipinski definition) is 3. The largest absolute Gasteiger partial charge is 0.489 e. The summed E-state index contributed by atoms with van der Waals surface area (Å²) < 4.78 is 7.83. The molecule has 1 fully saturated rings. The van der Waals surface area contributed by atoms with Gasteiger partial charge in [0.25, 0.3) is 0 Å². The lowest BCUT2D eigenvalue weighted by Gasteiger charge is -2.17. The molecule has 0 saturated carbocycles. The predicted molar refractivity (Wildman–Crippen MR) is 88.4 cm³/mol.